The third-order valence-corrected chi connectivity index (χ3v) is 4.45. The van der Waals surface area contributed by atoms with Gasteiger partial charge in [0, 0.05) is 43.8 Å². The highest BCUT2D eigenvalue weighted by Crippen LogP contribution is 2.24. The SMILES string of the molecule is Cc1noc(C)c1CN(C)CCNc1cc([C@H]2CCOC2)ncn1. The van der Waals surface area contributed by atoms with Crippen molar-refractivity contribution in [2.45, 2.75) is 32.7 Å². The van der Waals surface area contributed by atoms with Crippen molar-refractivity contribution in [2.24, 2.45) is 0 Å². The third kappa shape index (κ3) is 4.10. The topological polar surface area (TPSA) is 76.3 Å². The van der Waals surface area contributed by atoms with Crippen LogP contribution >= 0.6 is 0 Å². The molecule has 0 bridgehead atoms. The molecule has 1 atom stereocenters. The maximum absolute atomic E-state index is 5.43. The molecule has 0 radical (unpaired) electrons. The average Bonchev–Trinajstić information content (AvgIpc) is 3.21. The van der Waals surface area contributed by atoms with E-state index in [0.717, 1.165) is 62.2 Å². The molecule has 7 nitrogen and oxygen atoms in total. The Labute approximate surface area is 142 Å². The number of aryl methyl sites for hydroxylation is 2. The van der Waals surface area contributed by atoms with Crippen molar-refractivity contribution >= 4 is 5.82 Å². The Hall–Kier alpha value is -1.99. The van der Waals surface area contributed by atoms with Crippen LogP contribution in [-0.2, 0) is 11.3 Å². The van der Waals surface area contributed by atoms with Gasteiger partial charge in [0.2, 0.25) is 0 Å². The molecule has 1 saturated heterocycles. The van der Waals surface area contributed by atoms with Crippen molar-refractivity contribution in [1.29, 1.82) is 0 Å². The van der Waals surface area contributed by atoms with Crippen molar-refractivity contribution in [1.82, 2.24) is 20.0 Å². The number of hydrogen-bond donors (Lipinski definition) is 1. The Balaban J connectivity index is 1.48. The molecule has 0 amide bonds. The highest BCUT2D eigenvalue weighted by atomic mass is 16.5. The summed E-state index contributed by atoms with van der Waals surface area (Å²) in [6.07, 6.45) is 2.67. The van der Waals surface area contributed by atoms with Gasteiger partial charge in [0.1, 0.15) is 17.9 Å². The molecule has 0 aromatic carbocycles. The first-order valence-electron chi connectivity index (χ1n) is 8.37. The van der Waals surface area contributed by atoms with E-state index in [1.54, 1.807) is 6.33 Å². The summed E-state index contributed by atoms with van der Waals surface area (Å²) in [6, 6.07) is 2.04. The zero-order valence-electron chi connectivity index (χ0n) is 14.6. The summed E-state index contributed by atoms with van der Waals surface area (Å²) in [5, 5.41) is 7.38. The van der Waals surface area contributed by atoms with Crippen LogP contribution in [0.4, 0.5) is 5.82 Å². The Morgan fingerprint density at radius 1 is 1.33 bits per heavy atom. The number of nitrogens with one attached hydrogen (secondary N) is 1. The smallest absolute Gasteiger partial charge is 0.138 e. The van der Waals surface area contributed by atoms with E-state index >= 15 is 0 Å². The summed E-state index contributed by atoms with van der Waals surface area (Å²) < 4.78 is 10.6. The van der Waals surface area contributed by atoms with Gasteiger partial charge in [-0.05, 0) is 27.3 Å². The second kappa shape index (κ2) is 7.72. The van der Waals surface area contributed by atoms with Crippen molar-refractivity contribution in [3.63, 3.8) is 0 Å². The van der Waals surface area contributed by atoms with E-state index in [0.29, 0.717) is 5.92 Å². The first-order chi connectivity index (χ1) is 11.6. The predicted molar refractivity (Wildman–Crippen MR) is 91.0 cm³/mol. The normalized spacial score (nSPS) is 17.6. The standard InChI is InChI=1S/C17H25N5O2/c1-12-15(13(2)24-21-12)9-22(3)6-5-18-17-8-16(19-11-20-17)14-4-7-23-10-14/h8,11,14H,4-7,9-10H2,1-3H3,(H,18,19,20)/t14-/m0/s1. The van der Waals surface area contributed by atoms with Gasteiger partial charge in [0.15, 0.2) is 0 Å². The molecule has 0 spiro atoms. The first-order valence-corrected chi connectivity index (χ1v) is 8.37. The number of anilines is 1. The lowest BCUT2D eigenvalue weighted by molar-refractivity contribution is 0.193. The first kappa shape index (κ1) is 16.9. The highest BCUT2D eigenvalue weighted by Gasteiger charge is 2.19. The molecule has 24 heavy (non-hydrogen) atoms. The van der Waals surface area contributed by atoms with E-state index in [9.17, 15) is 0 Å². The Kier molecular flexibility index (Phi) is 5.42. The minimum atomic E-state index is 0.399. The third-order valence-electron chi connectivity index (χ3n) is 4.45. The molecule has 130 valence electrons. The lowest BCUT2D eigenvalue weighted by Gasteiger charge is -2.17. The predicted octanol–water partition coefficient (Wildman–Crippen LogP) is 2.13. The second-order valence-electron chi connectivity index (χ2n) is 6.36. The van der Waals surface area contributed by atoms with Gasteiger partial charge in [-0.2, -0.15) is 0 Å². The number of nitrogens with zero attached hydrogens (tertiary/aromatic N) is 4. The highest BCUT2D eigenvalue weighted by molar-refractivity contribution is 5.36. The van der Waals surface area contributed by atoms with Crippen LogP contribution in [0.25, 0.3) is 0 Å². The minimum absolute atomic E-state index is 0.399. The summed E-state index contributed by atoms with van der Waals surface area (Å²) in [5.74, 6) is 2.17. The molecule has 2 aromatic rings. The van der Waals surface area contributed by atoms with Crippen LogP contribution in [0, 0.1) is 13.8 Å². The molecule has 0 aliphatic carbocycles. The number of likely N-dealkylation sites (N-methyl/N-ethyl adjacent to an activating group) is 1. The average molecular weight is 331 g/mol. The summed E-state index contributed by atoms with van der Waals surface area (Å²) in [6.45, 7) is 8.06. The lowest BCUT2D eigenvalue weighted by atomic mass is 10.1. The van der Waals surface area contributed by atoms with Gasteiger partial charge < -0.3 is 19.5 Å². The Morgan fingerprint density at radius 2 is 2.21 bits per heavy atom. The van der Waals surface area contributed by atoms with Gasteiger partial charge in [-0.15, -0.1) is 0 Å². The molecular weight excluding hydrogens is 306 g/mol. The van der Waals surface area contributed by atoms with E-state index in [2.05, 4.69) is 32.4 Å². The fourth-order valence-electron chi connectivity index (χ4n) is 2.91. The molecule has 1 N–H and O–H groups in total. The van der Waals surface area contributed by atoms with E-state index in [4.69, 9.17) is 9.26 Å². The molecular formula is C17H25N5O2. The van der Waals surface area contributed by atoms with E-state index < -0.39 is 0 Å². The van der Waals surface area contributed by atoms with Gasteiger partial charge in [0.25, 0.3) is 0 Å². The fraction of sp³-hybridized carbons (Fsp3) is 0.588. The molecule has 3 rings (SSSR count). The van der Waals surface area contributed by atoms with Crippen LogP contribution in [0.2, 0.25) is 0 Å². The summed E-state index contributed by atoms with van der Waals surface area (Å²) >= 11 is 0. The minimum Gasteiger partial charge on any atom is -0.381 e. The molecule has 1 fully saturated rings. The zero-order chi connectivity index (χ0) is 16.9. The van der Waals surface area contributed by atoms with Crippen LogP contribution in [0.1, 0.15) is 35.1 Å². The van der Waals surface area contributed by atoms with Crippen LogP contribution in [-0.4, -0.2) is 53.4 Å². The van der Waals surface area contributed by atoms with E-state index in [1.165, 1.54) is 5.56 Å². The Bertz CT molecular complexity index is 647. The molecule has 1 aliphatic heterocycles. The summed E-state index contributed by atoms with van der Waals surface area (Å²) in [4.78, 5) is 10.9. The Morgan fingerprint density at radius 3 is 2.92 bits per heavy atom. The van der Waals surface area contributed by atoms with Gasteiger partial charge in [0.05, 0.1) is 18.0 Å². The zero-order valence-corrected chi connectivity index (χ0v) is 14.6. The van der Waals surface area contributed by atoms with E-state index in [1.807, 2.05) is 19.9 Å². The second-order valence-corrected chi connectivity index (χ2v) is 6.36. The van der Waals surface area contributed by atoms with Crippen LogP contribution < -0.4 is 5.32 Å². The van der Waals surface area contributed by atoms with E-state index in [-0.39, 0.29) is 0 Å². The summed E-state index contributed by atoms with van der Waals surface area (Å²) in [5.41, 5.74) is 3.20. The van der Waals surface area contributed by atoms with Crippen molar-refractivity contribution < 1.29 is 9.26 Å². The number of aromatic nitrogens is 3. The van der Waals surface area contributed by atoms with Gasteiger partial charge >= 0.3 is 0 Å². The van der Waals surface area contributed by atoms with Gasteiger partial charge in [-0.25, -0.2) is 9.97 Å². The molecule has 2 aromatic heterocycles. The lowest BCUT2D eigenvalue weighted by Crippen LogP contribution is -2.25. The maximum Gasteiger partial charge on any atom is 0.138 e. The van der Waals surface area contributed by atoms with Crippen LogP contribution in [0.3, 0.4) is 0 Å². The fourth-order valence-corrected chi connectivity index (χ4v) is 2.91. The molecule has 7 heteroatoms. The molecule has 0 unspecified atom stereocenters. The summed E-state index contributed by atoms with van der Waals surface area (Å²) in [7, 11) is 2.09. The quantitative estimate of drug-likeness (QED) is 0.833. The largest absolute Gasteiger partial charge is 0.381 e. The molecule has 3 heterocycles. The number of hydrogen-bond acceptors (Lipinski definition) is 7. The maximum atomic E-state index is 5.43. The van der Waals surface area contributed by atoms with Crippen molar-refractivity contribution in [3.05, 3.63) is 35.1 Å². The number of ether oxygens (including phenoxy) is 1. The van der Waals surface area contributed by atoms with Crippen LogP contribution in [0.5, 0.6) is 0 Å². The van der Waals surface area contributed by atoms with Crippen molar-refractivity contribution in [3.8, 4) is 0 Å². The van der Waals surface area contributed by atoms with Crippen molar-refractivity contribution in [2.75, 3.05) is 38.7 Å². The van der Waals surface area contributed by atoms with Crippen LogP contribution in [0.15, 0.2) is 16.9 Å². The number of rotatable bonds is 7. The molecule has 0 saturated carbocycles. The van der Waals surface area contributed by atoms with Gasteiger partial charge in [-0.3, -0.25) is 0 Å². The molecule has 1 aliphatic rings. The van der Waals surface area contributed by atoms with Gasteiger partial charge in [-0.1, -0.05) is 5.16 Å². The monoisotopic (exact) mass is 331 g/mol.